The van der Waals surface area contributed by atoms with Crippen LogP contribution in [0, 0.1) is 12.7 Å². The smallest absolute Gasteiger partial charge is 0.337 e. The number of halogens is 1. The summed E-state index contributed by atoms with van der Waals surface area (Å²) in [7, 11) is 0. The maximum absolute atomic E-state index is 13.3. The van der Waals surface area contributed by atoms with Crippen LogP contribution in [0.3, 0.4) is 0 Å². The van der Waals surface area contributed by atoms with Gasteiger partial charge in [-0.2, -0.15) is 0 Å². The Bertz CT molecular complexity index is 640. The van der Waals surface area contributed by atoms with E-state index >= 15 is 0 Å². The highest BCUT2D eigenvalue weighted by molar-refractivity contribution is 5.95. The second-order valence-electron chi connectivity index (χ2n) is 4.50. The summed E-state index contributed by atoms with van der Waals surface area (Å²) >= 11 is 0. The number of rotatable bonds is 4. The van der Waals surface area contributed by atoms with Gasteiger partial charge in [0.25, 0.3) is 0 Å². The monoisotopic (exact) mass is 273 g/mol. The number of aryl methyl sites for hydroxylation is 1. The molecule has 0 atom stereocenters. The Balaban J connectivity index is 2.58. The van der Waals surface area contributed by atoms with Gasteiger partial charge in [0.05, 0.1) is 11.3 Å². The van der Waals surface area contributed by atoms with Crippen molar-refractivity contribution in [1.82, 2.24) is 0 Å². The van der Waals surface area contributed by atoms with Crippen LogP contribution < -0.4 is 4.90 Å². The van der Waals surface area contributed by atoms with Gasteiger partial charge in [0.1, 0.15) is 5.82 Å². The molecule has 0 aromatic heterocycles. The number of aromatic carboxylic acids is 1. The molecular weight excluding hydrogens is 257 g/mol. The van der Waals surface area contributed by atoms with Crippen LogP contribution in [0.5, 0.6) is 0 Å². The number of carboxylic acids is 1. The summed E-state index contributed by atoms with van der Waals surface area (Å²) < 4.78 is 13.3. The lowest BCUT2D eigenvalue weighted by Crippen LogP contribution is -2.20. The van der Waals surface area contributed by atoms with Crippen molar-refractivity contribution in [2.75, 3.05) is 11.4 Å². The zero-order valence-electron chi connectivity index (χ0n) is 11.4. The van der Waals surface area contributed by atoms with E-state index in [2.05, 4.69) is 0 Å². The van der Waals surface area contributed by atoms with Crippen LogP contribution >= 0.6 is 0 Å². The predicted octanol–water partition coefficient (Wildman–Crippen LogP) is 3.99. The predicted molar refractivity (Wildman–Crippen MR) is 77.2 cm³/mol. The lowest BCUT2D eigenvalue weighted by molar-refractivity contribution is 0.0697. The second-order valence-corrected chi connectivity index (χ2v) is 4.50. The molecule has 104 valence electrons. The Kier molecular flexibility index (Phi) is 4.03. The van der Waals surface area contributed by atoms with Crippen molar-refractivity contribution in [3.8, 4) is 0 Å². The average Bonchev–Trinajstić information content (AvgIpc) is 2.42. The number of hydrogen-bond donors (Lipinski definition) is 1. The lowest BCUT2D eigenvalue weighted by atomic mass is 10.1. The molecule has 0 saturated carbocycles. The fourth-order valence-corrected chi connectivity index (χ4v) is 2.25. The van der Waals surface area contributed by atoms with E-state index in [1.54, 1.807) is 0 Å². The quantitative estimate of drug-likeness (QED) is 0.915. The second kappa shape index (κ2) is 5.74. The number of carbonyl (C=O) groups is 1. The molecule has 0 heterocycles. The number of benzene rings is 2. The van der Waals surface area contributed by atoms with Crippen LogP contribution in [0.2, 0.25) is 0 Å². The first-order valence-corrected chi connectivity index (χ1v) is 6.40. The first kappa shape index (κ1) is 14.1. The molecule has 2 aromatic carbocycles. The van der Waals surface area contributed by atoms with Gasteiger partial charge in [-0.05, 0) is 43.7 Å². The van der Waals surface area contributed by atoms with E-state index in [0.717, 1.165) is 17.3 Å². The highest BCUT2D eigenvalue weighted by Crippen LogP contribution is 2.31. The van der Waals surface area contributed by atoms with Gasteiger partial charge in [0.2, 0.25) is 0 Å². The van der Waals surface area contributed by atoms with E-state index in [-0.39, 0.29) is 5.56 Å². The van der Waals surface area contributed by atoms with Gasteiger partial charge in [-0.3, -0.25) is 0 Å². The van der Waals surface area contributed by atoms with E-state index in [1.807, 2.05) is 43.0 Å². The van der Waals surface area contributed by atoms with Gasteiger partial charge in [0.15, 0.2) is 0 Å². The average molecular weight is 273 g/mol. The van der Waals surface area contributed by atoms with E-state index in [1.165, 1.54) is 12.1 Å². The van der Waals surface area contributed by atoms with Crippen molar-refractivity contribution >= 4 is 17.3 Å². The summed E-state index contributed by atoms with van der Waals surface area (Å²) in [6.07, 6.45) is 0. The fourth-order valence-electron chi connectivity index (χ4n) is 2.25. The molecule has 20 heavy (non-hydrogen) atoms. The molecule has 0 spiro atoms. The molecule has 0 unspecified atom stereocenters. The Morgan fingerprint density at radius 3 is 2.50 bits per heavy atom. The first-order valence-electron chi connectivity index (χ1n) is 6.40. The van der Waals surface area contributed by atoms with Crippen molar-refractivity contribution in [3.05, 3.63) is 59.4 Å². The topological polar surface area (TPSA) is 40.5 Å². The molecule has 4 heteroatoms. The molecule has 0 fully saturated rings. The van der Waals surface area contributed by atoms with Gasteiger partial charge in [-0.25, -0.2) is 9.18 Å². The summed E-state index contributed by atoms with van der Waals surface area (Å²) in [6, 6.07) is 11.6. The van der Waals surface area contributed by atoms with Crippen LogP contribution in [0.1, 0.15) is 22.8 Å². The first-order chi connectivity index (χ1) is 9.54. The number of carboxylic acid groups (broad SMARTS) is 1. The Morgan fingerprint density at radius 1 is 1.20 bits per heavy atom. The van der Waals surface area contributed by atoms with Crippen LogP contribution in [0.25, 0.3) is 0 Å². The van der Waals surface area contributed by atoms with Crippen molar-refractivity contribution in [1.29, 1.82) is 0 Å². The molecule has 0 aliphatic carbocycles. The maximum Gasteiger partial charge on any atom is 0.337 e. The molecule has 0 radical (unpaired) electrons. The molecule has 2 rings (SSSR count). The molecule has 3 nitrogen and oxygen atoms in total. The molecule has 0 saturated heterocycles. The summed E-state index contributed by atoms with van der Waals surface area (Å²) in [5.41, 5.74) is 2.42. The SMILES string of the molecule is CCN(c1ccccc1C)c1ccc(F)cc1C(=O)O. The highest BCUT2D eigenvalue weighted by atomic mass is 19.1. The van der Waals surface area contributed by atoms with Crippen molar-refractivity contribution in [2.45, 2.75) is 13.8 Å². The van der Waals surface area contributed by atoms with E-state index in [0.29, 0.717) is 12.2 Å². The summed E-state index contributed by atoms with van der Waals surface area (Å²) in [6.45, 7) is 4.49. The zero-order valence-corrected chi connectivity index (χ0v) is 11.4. The molecule has 0 bridgehead atoms. The highest BCUT2D eigenvalue weighted by Gasteiger charge is 2.18. The Labute approximate surface area is 117 Å². The molecular formula is C16H16FNO2. The van der Waals surface area contributed by atoms with Gasteiger partial charge >= 0.3 is 5.97 Å². The third kappa shape index (κ3) is 2.64. The molecule has 0 aliphatic heterocycles. The standard InChI is InChI=1S/C16H16FNO2/c1-3-18(14-7-5-4-6-11(14)2)15-9-8-12(17)10-13(15)16(19)20/h4-10H,3H2,1-2H3,(H,19,20). The van der Waals surface area contributed by atoms with E-state index in [4.69, 9.17) is 0 Å². The van der Waals surface area contributed by atoms with E-state index < -0.39 is 11.8 Å². The summed E-state index contributed by atoms with van der Waals surface area (Å²) in [5.74, 6) is -1.68. The largest absolute Gasteiger partial charge is 0.478 e. The Hall–Kier alpha value is -2.36. The third-order valence-corrected chi connectivity index (χ3v) is 3.20. The molecule has 0 aliphatic rings. The van der Waals surface area contributed by atoms with E-state index in [9.17, 15) is 14.3 Å². The van der Waals surface area contributed by atoms with Crippen molar-refractivity contribution in [2.24, 2.45) is 0 Å². The zero-order chi connectivity index (χ0) is 14.7. The number of hydrogen-bond acceptors (Lipinski definition) is 2. The number of anilines is 2. The summed E-state index contributed by atoms with van der Waals surface area (Å²) in [4.78, 5) is 13.2. The minimum absolute atomic E-state index is 0.0323. The number of nitrogens with zero attached hydrogens (tertiary/aromatic N) is 1. The van der Waals surface area contributed by atoms with Crippen LogP contribution in [-0.4, -0.2) is 17.6 Å². The third-order valence-electron chi connectivity index (χ3n) is 3.20. The van der Waals surface area contributed by atoms with Gasteiger partial charge in [0, 0.05) is 12.2 Å². The molecule has 0 amide bonds. The van der Waals surface area contributed by atoms with Crippen LogP contribution in [-0.2, 0) is 0 Å². The molecule has 1 N–H and O–H groups in total. The van der Waals surface area contributed by atoms with Crippen molar-refractivity contribution < 1.29 is 14.3 Å². The number of para-hydroxylation sites is 1. The van der Waals surface area contributed by atoms with Crippen LogP contribution in [0.4, 0.5) is 15.8 Å². The fraction of sp³-hybridized carbons (Fsp3) is 0.188. The Morgan fingerprint density at radius 2 is 1.90 bits per heavy atom. The normalized spacial score (nSPS) is 10.3. The van der Waals surface area contributed by atoms with Gasteiger partial charge in [-0.15, -0.1) is 0 Å². The minimum Gasteiger partial charge on any atom is -0.478 e. The molecule has 2 aromatic rings. The summed E-state index contributed by atoms with van der Waals surface area (Å²) in [5, 5.41) is 9.26. The maximum atomic E-state index is 13.3. The van der Waals surface area contributed by atoms with Gasteiger partial charge in [-0.1, -0.05) is 18.2 Å². The van der Waals surface area contributed by atoms with Crippen LogP contribution in [0.15, 0.2) is 42.5 Å². The van der Waals surface area contributed by atoms with Gasteiger partial charge < -0.3 is 10.0 Å². The minimum atomic E-state index is -1.13. The lowest BCUT2D eigenvalue weighted by Gasteiger charge is -2.26. The van der Waals surface area contributed by atoms with Crippen molar-refractivity contribution in [3.63, 3.8) is 0 Å².